The van der Waals surface area contributed by atoms with Gasteiger partial charge >= 0.3 is 0 Å². The van der Waals surface area contributed by atoms with Crippen LogP contribution in [0.3, 0.4) is 0 Å². The molecule has 2 rings (SSSR count). The van der Waals surface area contributed by atoms with Gasteiger partial charge in [-0.15, -0.1) is 0 Å². The summed E-state index contributed by atoms with van der Waals surface area (Å²) in [5.41, 5.74) is 0. The largest absolute Gasteiger partial charge is 0.351 e. The average molecular weight is 239 g/mol. The van der Waals surface area contributed by atoms with Crippen molar-refractivity contribution < 1.29 is 4.79 Å². The van der Waals surface area contributed by atoms with Crippen molar-refractivity contribution in [1.29, 1.82) is 0 Å². The van der Waals surface area contributed by atoms with Gasteiger partial charge in [0, 0.05) is 12.6 Å². The lowest BCUT2D eigenvalue weighted by Crippen LogP contribution is -2.52. The van der Waals surface area contributed by atoms with Gasteiger partial charge in [-0.05, 0) is 45.8 Å². The molecule has 2 N–H and O–H groups in total. The predicted octanol–water partition coefficient (Wildman–Crippen LogP) is 0.729. The van der Waals surface area contributed by atoms with Crippen molar-refractivity contribution in [1.82, 2.24) is 15.5 Å². The highest BCUT2D eigenvalue weighted by molar-refractivity contribution is 5.82. The lowest BCUT2D eigenvalue weighted by Gasteiger charge is -2.31. The van der Waals surface area contributed by atoms with Crippen LogP contribution in [0.1, 0.15) is 38.5 Å². The molecule has 0 aromatic carbocycles. The predicted molar refractivity (Wildman–Crippen MR) is 68.9 cm³/mol. The van der Waals surface area contributed by atoms with Gasteiger partial charge in [0.25, 0.3) is 0 Å². The Bertz CT molecular complexity index is 249. The summed E-state index contributed by atoms with van der Waals surface area (Å²) in [6.45, 7) is 3.15. The van der Waals surface area contributed by atoms with Crippen LogP contribution >= 0.6 is 0 Å². The zero-order valence-electron chi connectivity index (χ0n) is 10.9. The number of amides is 1. The highest BCUT2D eigenvalue weighted by Gasteiger charge is 2.24. The average Bonchev–Trinajstić information content (AvgIpc) is 2.57. The van der Waals surface area contributed by atoms with Gasteiger partial charge in [0.1, 0.15) is 0 Å². The molecule has 2 aliphatic heterocycles. The molecule has 0 aliphatic carbocycles. The van der Waals surface area contributed by atoms with Gasteiger partial charge in [-0.25, -0.2) is 0 Å². The van der Waals surface area contributed by atoms with Gasteiger partial charge in [0.2, 0.25) is 5.91 Å². The molecular weight excluding hydrogens is 214 g/mol. The third-order valence-electron chi connectivity index (χ3n) is 3.85. The molecule has 0 saturated carbocycles. The van der Waals surface area contributed by atoms with Crippen molar-refractivity contribution in [3.63, 3.8) is 0 Å². The molecule has 0 aromatic rings. The maximum Gasteiger partial charge on any atom is 0.237 e. The molecule has 2 aliphatic rings. The highest BCUT2D eigenvalue weighted by atomic mass is 16.2. The SMILES string of the molecule is CN1CCCC(NC(=O)C2CCCCCN2)C1. The van der Waals surface area contributed by atoms with Crippen molar-refractivity contribution in [2.75, 3.05) is 26.7 Å². The second-order valence-electron chi connectivity index (χ2n) is 5.47. The quantitative estimate of drug-likeness (QED) is 0.746. The number of nitrogens with one attached hydrogen (secondary N) is 2. The number of carbonyl (C=O) groups excluding carboxylic acids is 1. The summed E-state index contributed by atoms with van der Waals surface area (Å²) in [4.78, 5) is 14.4. The molecule has 4 heteroatoms. The molecular formula is C13H25N3O. The number of hydrogen-bond acceptors (Lipinski definition) is 3. The van der Waals surface area contributed by atoms with Gasteiger partial charge in [-0.2, -0.15) is 0 Å². The molecule has 0 bridgehead atoms. The van der Waals surface area contributed by atoms with Gasteiger partial charge in [0.05, 0.1) is 6.04 Å². The second-order valence-corrected chi connectivity index (χ2v) is 5.47. The maximum atomic E-state index is 12.1. The van der Waals surface area contributed by atoms with E-state index >= 15 is 0 Å². The zero-order valence-corrected chi connectivity index (χ0v) is 10.9. The minimum Gasteiger partial charge on any atom is -0.351 e. The smallest absolute Gasteiger partial charge is 0.237 e. The third kappa shape index (κ3) is 3.96. The van der Waals surface area contributed by atoms with Crippen LogP contribution in [0, 0.1) is 0 Å². The molecule has 2 atom stereocenters. The third-order valence-corrected chi connectivity index (χ3v) is 3.85. The monoisotopic (exact) mass is 239 g/mol. The van der Waals surface area contributed by atoms with Gasteiger partial charge in [-0.1, -0.05) is 12.8 Å². The second kappa shape index (κ2) is 6.36. The number of hydrogen-bond donors (Lipinski definition) is 2. The van der Waals surface area contributed by atoms with E-state index in [-0.39, 0.29) is 11.9 Å². The summed E-state index contributed by atoms with van der Waals surface area (Å²) in [6, 6.07) is 0.399. The summed E-state index contributed by atoms with van der Waals surface area (Å²) >= 11 is 0. The van der Waals surface area contributed by atoms with E-state index in [4.69, 9.17) is 0 Å². The fourth-order valence-corrected chi connectivity index (χ4v) is 2.84. The Morgan fingerprint density at radius 1 is 1.24 bits per heavy atom. The Morgan fingerprint density at radius 3 is 2.94 bits per heavy atom. The highest BCUT2D eigenvalue weighted by Crippen LogP contribution is 2.11. The van der Waals surface area contributed by atoms with Crippen LogP contribution < -0.4 is 10.6 Å². The topological polar surface area (TPSA) is 44.4 Å². The lowest BCUT2D eigenvalue weighted by molar-refractivity contribution is -0.124. The van der Waals surface area contributed by atoms with Crippen molar-refractivity contribution in [2.45, 2.75) is 50.6 Å². The molecule has 2 heterocycles. The normalized spacial score (nSPS) is 31.8. The molecule has 2 saturated heterocycles. The first kappa shape index (κ1) is 12.8. The van der Waals surface area contributed by atoms with Crippen LogP contribution in [0.25, 0.3) is 0 Å². The van der Waals surface area contributed by atoms with E-state index in [9.17, 15) is 4.79 Å². The number of piperidine rings is 1. The van der Waals surface area contributed by atoms with Crippen molar-refractivity contribution in [3.05, 3.63) is 0 Å². The van der Waals surface area contributed by atoms with E-state index in [2.05, 4.69) is 22.6 Å². The van der Waals surface area contributed by atoms with E-state index in [1.54, 1.807) is 0 Å². The summed E-state index contributed by atoms with van der Waals surface area (Å²) < 4.78 is 0. The molecule has 1 amide bonds. The Kier molecular flexibility index (Phi) is 4.80. The van der Waals surface area contributed by atoms with E-state index in [1.807, 2.05) is 0 Å². The summed E-state index contributed by atoms with van der Waals surface area (Å²) in [6.07, 6.45) is 6.95. The number of rotatable bonds is 2. The molecule has 17 heavy (non-hydrogen) atoms. The van der Waals surface area contributed by atoms with E-state index in [0.717, 1.165) is 32.5 Å². The fraction of sp³-hybridized carbons (Fsp3) is 0.923. The first-order chi connectivity index (χ1) is 8.25. The van der Waals surface area contributed by atoms with Crippen LogP contribution in [0.4, 0.5) is 0 Å². The number of carbonyl (C=O) groups is 1. The van der Waals surface area contributed by atoms with Crippen LogP contribution in [0.5, 0.6) is 0 Å². The van der Waals surface area contributed by atoms with E-state index < -0.39 is 0 Å². The van der Waals surface area contributed by atoms with E-state index in [0.29, 0.717) is 6.04 Å². The van der Waals surface area contributed by atoms with Crippen molar-refractivity contribution in [2.24, 2.45) is 0 Å². The lowest BCUT2D eigenvalue weighted by atomic mass is 10.0. The molecule has 0 radical (unpaired) electrons. The molecule has 0 aromatic heterocycles. The Morgan fingerprint density at radius 2 is 2.12 bits per heavy atom. The van der Waals surface area contributed by atoms with Gasteiger partial charge in [-0.3, -0.25) is 4.79 Å². The number of nitrogens with zero attached hydrogens (tertiary/aromatic N) is 1. The summed E-state index contributed by atoms with van der Waals surface area (Å²) in [5, 5.41) is 6.56. The molecule has 4 nitrogen and oxygen atoms in total. The van der Waals surface area contributed by atoms with Gasteiger partial charge in [0.15, 0.2) is 0 Å². The molecule has 0 spiro atoms. The summed E-state index contributed by atoms with van der Waals surface area (Å²) in [7, 11) is 2.13. The minimum atomic E-state index is 0.0460. The Balaban J connectivity index is 1.78. The zero-order chi connectivity index (χ0) is 12.1. The molecule has 98 valence electrons. The first-order valence-corrected chi connectivity index (χ1v) is 6.98. The Labute approximate surface area is 104 Å². The Hall–Kier alpha value is -0.610. The van der Waals surface area contributed by atoms with Crippen LogP contribution in [-0.4, -0.2) is 49.6 Å². The van der Waals surface area contributed by atoms with Crippen molar-refractivity contribution >= 4 is 5.91 Å². The standard InChI is InChI=1S/C13H25N3O/c1-16-9-5-6-11(10-16)15-13(17)12-7-3-2-4-8-14-12/h11-12,14H,2-10H2,1H3,(H,15,17). The fourth-order valence-electron chi connectivity index (χ4n) is 2.84. The first-order valence-electron chi connectivity index (χ1n) is 6.98. The number of likely N-dealkylation sites (tertiary alicyclic amines) is 1. The molecule has 2 unspecified atom stereocenters. The maximum absolute atomic E-state index is 12.1. The van der Waals surface area contributed by atoms with Crippen LogP contribution in [0.15, 0.2) is 0 Å². The van der Waals surface area contributed by atoms with Crippen molar-refractivity contribution in [3.8, 4) is 0 Å². The summed E-state index contributed by atoms with van der Waals surface area (Å²) in [5.74, 6) is 0.215. The minimum absolute atomic E-state index is 0.0460. The van der Waals surface area contributed by atoms with Crippen LogP contribution in [-0.2, 0) is 4.79 Å². The molecule has 2 fully saturated rings. The van der Waals surface area contributed by atoms with E-state index in [1.165, 1.54) is 25.7 Å². The van der Waals surface area contributed by atoms with Gasteiger partial charge < -0.3 is 15.5 Å². The van der Waals surface area contributed by atoms with Crippen LogP contribution in [0.2, 0.25) is 0 Å². The number of likely N-dealkylation sites (N-methyl/N-ethyl adjacent to an activating group) is 1.